The average Bonchev–Trinajstić information content (AvgIpc) is 3.27. The van der Waals surface area contributed by atoms with Crippen LogP contribution in [0.4, 0.5) is 0 Å². The van der Waals surface area contributed by atoms with Crippen molar-refractivity contribution >= 4 is 5.91 Å². The minimum absolute atomic E-state index is 0.00325. The summed E-state index contributed by atoms with van der Waals surface area (Å²) in [6, 6.07) is 5.47. The predicted octanol–water partition coefficient (Wildman–Crippen LogP) is 1.65. The first-order chi connectivity index (χ1) is 11.7. The molecule has 0 saturated carbocycles. The van der Waals surface area contributed by atoms with Crippen LogP contribution in [0, 0.1) is 0 Å². The van der Waals surface area contributed by atoms with Gasteiger partial charge in [0.25, 0.3) is 5.91 Å². The van der Waals surface area contributed by atoms with Gasteiger partial charge in [-0.1, -0.05) is 0 Å². The van der Waals surface area contributed by atoms with Crippen molar-refractivity contribution in [1.82, 2.24) is 20.1 Å². The second-order valence-corrected chi connectivity index (χ2v) is 6.39. The number of carbonyl (C=O) groups is 1. The van der Waals surface area contributed by atoms with E-state index in [2.05, 4.69) is 15.2 Å². The third-order valence-corrected chi connectivity index (χ3v) is 4.81. The molecule has 24 heavy (non-hydrogen) atoms. The van der Waals surface area contributed by atoms with Crippen LogP contribution in [0.2, 0.25) is 0 Å². The van der Waals surface area contributed by atoms with Crippen molar-refractivity contribution in [2.24, 2.45) is 0 Å². The SMILES string of the molecule is O=C(c1ccn[nH]1)N1CCC2(CC1)C[C@H](Oc1cccnc1)CO2. The standard InChI is InChI=1S/C17H20N4O3/c22-16(15-3-7-19-20-15)21-8-4-17(5-9-21)10-14(12-23-17)24-13-2-1-6-18-11-13/h1-3,6-7,11,14H,4-5,8-10,12H2,(H,19,20)/t14-/m0/s1. The lowest BCUT2D eigenvalue weighted by Gasteiger charge is -2.38. The summed E-state index contributed by atoms with van der Waals surface area (Å²) < 4.78 is 12.0. The summed E-state index contributed by atoms with van der Waals surface area (Å²) in [5.74, 6) is 0.776. The van der Waals surface area contributed by atoms with E-state index in [0.29, 0.717) is 25.4 Å². The Bertz CT molecular complexity index is 681. The average molecular weight is 328 g/mol. The number of H-pyrrole nitrogens is 1. The highest BCUT2D eigenvalue weighted by Crippen LogP contribution is 2.37. The molecule has 1 atom stereocenters. The molecule has 4 heterocycles. The van der Waals surface area contributed by atoms with Gasteiger partial charge in [0.1, 0.15) is 17.5 Å². The van der Waals surface area contributed by atoms with E-state index in [-0.39, 0.29) is 17.6 Å². The van der Waals surface area contributed by atoms with E-state index < -0.39 is 0 Å². The number of hydrogen-bond donors (Lipinski definition) is 1. The topological polar surface area (TPSA) is 80.3 Å². The maximum atomic E-state index is 12.4. The van der Waals surface area contributed by atoms with Crippen molar-refractivity contribution in [3.05, 3.63) is 42.5 Å². The van der Waals surface area contributed by atoms with Gasteiger partial charge < -0.3 is 14.4 Å². The summed E-state index contributed by atoms with van der Waals surface area (Å²) in [4.78, 5) is 18.3. The molecule has 1 N–H and O–H groups in total. The number of likely N-dealkylation sites (tertiary alicyclic amines) is 1. The van der Waals surface area contributed by atoms with E-state index in [1.807, 2.05) is 17.0 Å². The zero-order valence-corrected chi connectivity index (χ0v) is 13.4. The zero-order valence-electron chi connectivity index (χ0n) is 13.4. The monoisotopic (exact) mass is 328 g/mol. The lowest BCUT2D eigenvalue weighted by atomic mass is 9.88. The number of nitrogens with one attached hydrogen (secondary N) is 1. The van der Waals surface area contributed by atoms with Gasteiger partial charge in [0.2, 0.25) is 0 Å². The fraction of sp³-hybridized carbons (Fsp3) is 0.471. The molecule has 4 rings (SSSR count). The van der Waals surface area contributed by atoms with Crippen molar-refractivity contribution < 1.29 is 14.3 Å². The Morgan fingerprint density at radius 2 is 2.21 bits per heavy atom. The van der Waals surface area contributed by atoms with Crippen LogP contribution in [0.15, 0.2) is 36.8 Å². The van der Waals surface area contributed by atoms with E-state index >= 15 is 0 Å². The molecule has 7 heteroatoms. The fourth-order valence-electron chi connectivity index (χ4n) is 3.50. The first-order valence-electron chi connectivity index (χ1n) is 8.23. The molecule has 2 aromatic heterocycles. The number of carbonyl (C=O) groups excluding carboxylic acids is 1. The first kappa shape index (κ1) is 15.1. The molecule has 2 aliphatic rings. The quantitative estimate of drug-likeness (QED) is 0.926. The van der Waals surface area contributed by atoms with Gasteiger partial charge in [-0.05, 0) is 31.0 Å². The summed E-state index contributed by atoms with van der Waals surface area (Å²) in [6.07, 6.45) is 7.61. The molecule has 1 spiro atoms. The molecule has 2 aromatic rings. The predicted molar refractivity (Wildman–Crippen MR) is 85.7 cm³/mol. The molecule has 0 unspecified atom stereocenters. The highest BCUT2D eigenvalue weighted by atomic mass is 16.6. The van der Waals surface area contributed by atoms with E-state index in [1.165, 1.54) is 0 Å². The Morgan fingerprint density at radius 1 is 1.33 bits per heavy atom. The van der Waals surface area contributed by atoms with Crippen molar-refractivity contribution in [3.8, 4) is 5.75 Å². The van der Waals surface area contributed by atoms with Gasteiger partial charge in [-0.2, -0.15) is 5.10 Å². The number of pyridine rings is 1. The van der Waals surface area contributed by atoms with Gasteiger partial charge in [-0.25, -0.2) is 0 Å². The number of aromatic amines is 1. The molecule has 0 radical (unpaired) electrons. The highest BCUT2D eigenvalue weighted by molar-refractivity contribution is 5.92. The van der Waals surface area contributed by atoms with E-state index in [4.69, 9.17) is 9.47 Å². The third kappa shape index (κ3) is 2.99. The summed E-state index contributed by atoms with van der Waals surface area (Å²) in [7, 11) is 0. The lowest BCUT2D eigenvalue weighted by molar-refractivity contribution is -0.0396. The van der Waals surface area contributed by atoms with Gasteiger partial charge in [0, 0.05) is 31.9 Å². The molecule has 7 nitrogen and oxygen atoms in total. The Kier molecular flexibility index (Phi) is 3.93. The molecular weight excluding hydrogens is 308 g/mol. The number of aromatic nitrogens is 3. The Balaban J connectivity index is 1.33. The molecule has 2 saturated heterocycles. The van der Waals surface area contributed by atoms with Crippen LogP contribution < -0.4 is 4.74 Å². The highest BCUT2D eigenvalue weighted by Gasteiger charge is 2.44. The minimum Gasteiger partial charge on any atom is -0.486 e. The zero-order chi connectivity index (χ0) is 16.4. The molecule has 126 valence electrons. The minimum atomic E-state index is -0.169. The van der Waals surface area contributed by atoms with Crippen molar-refractivity contribution in [2.75, 3.05) is 19.7 Å². The van der Waals surface area contributed by atoms with Crippen LogP contribution in [-0.4, -0.2) is 57.4 Å². The Morgan fingerprint density at radius 3 is 2.92 bits per heavy atom. The van der Waals surface area contributed by atoms with Gasteiger partial charge >= 0.3 is 0 Å². The van der Waals surface area contributed by atoms with E-state index in [1.54, 1.807) is 24.7 Å². The van der Waals surface area contributed by atoms with Crippen molar-refractivity contribution in [2.45, 2.75) is 31.0 Å². The number of piperidine rings is 1. The van der Waals surface area contributed by atoms with E-state index in [0.717, 1.165) is 25.0 Å². The summed E-state index contributed by atoms with van der Waals surface area (Å²) in [5.41, 5.74) is 0.369. The maximum absolute atomic E-state index is 12.4. The summed E-state index contributed by atoms with van der Waals surface area (Å²) >= 11 is 0. The number of hydrogen-bond acceptors (Lipinski definition) is 5. The second-order valence-electron chi connectivity index (χ2n) is 6.39. The molecule has 0 aromatic carbocycles. The van der Waals surface area contributed by atoms with Crippen molar-refractivity contribution in [3.63, 3.8) is 0 Å². The summed E-state index contributed by atoms with van der Waals surface area (Å²) in [5, 5.41) is 6.57. The van der Waals surface area contributed by atoms with Gasteiger partial charge in [0.05, 0.1) is 18.4 Å². The van der Waals surface area contributed by atoms with Gasteiger partial charge in [-0.15, -0.1) is 0 Å². The van der Waals surface area contributed by atoms with E-state index in [9.17, 15) is 4.79 Å². The Labute approximate surface area is 140 Å². The van der Waals surface area contributed by atoms with Crippen molar-refractivity contribution in [1.29, 1.82) is 0 Å². The van der Waals surface area contributed by atoms with Gasteiger partial charge in [0.15, 0.2) is 0 Å². The van der Waals surface area contributed by atoms with Crippen LogP contribution in [0.3, 0.4) is 0 Å². The normalized spacial score (nSPS) is 22.7. The second kappa shape index (κ2) is 6.24. The summed E-state index contributed by atoms with van der Waals surface area (Å²) in [6.45, 7) is 1.97. The largest absolute Gasteiger partial charge is 0.486 e. The van der Waals surface area contributed by atoms with Crippen LogP contribution in [0.1, 0.15) is 29.8 Å². The number of amides is 1. The maximum Gasteiger partial charge on any atom is 0.271 e. The molecule has 0 bridgehead atoms. The van der Waals surface area contributed by atoms with Crippen LogP contribution in [0.25, 0.3) is 0 Å². The fourth-order valence-corrected chi connectivity index (χ4v) is 3.50. The third-order valence-electron chi connectivity index (χ3n) is 4.81. The molecule has 1 amide bonds. The number of nitrogens with zero attached hydrogens (tertiary/aromatic N) is 3. The van der Waals surface area contributed by atoms with Gasteiger partial charge in [-0.3, -0.25) is 14.9 Å². The molecule has 2 fully saturated rings. The number of ether oxygens (including phenoxy) is 2. The van der Waals surface area contributed by atoms with Crippen LogP contribution in [0.5, 0.6) is 5.75 Å². The molecular formula is C17H20N4O3. The number of rotatable bonds is 3. The first-order valence-corrected chi connectivity index (χ1v) is 8.23. The molecule has 0 aliphatic carbocycles. The lowest BCUT2D eigenvalue weighted by Crippen LogP contribution is -2.46. The van der Waals surface area contributed by atoms with Crippen LogP contribution >= 0.6 is 0 Å². The van der Waals surface area contributed by atoms with Crippen LogP contribution in [-0.2, 0) is 4.74 Å². The molecule has 2 aliphatic heterocycles. The smallest absolute Gasteiger partial charge is 0.271 e. The Hall–Kier alpha value is -2.41.